The first-order chi connectivity index (χ1) is 10.6. The fraction of sp³-hybridized carbons (Fsp3) is 0.312. The highest BCUT2D eigenvalue weighted by atomic mass is 79.9. The number of halogens is 2. The van der Waals surface area contributed by atoms with E-state index in [4.69, 9.17) is 0 Å². The van der Waals surface area contributed by atoms with Crippen molar-refractivity contribution in [2.24, 2.45) is 0 Å². The molecule has 0 saturated carbocycles. The fourth-order valence-corrected chi connectivity index (χ4v) is 3.60. The summed E-state index contributed by atoms with van der Waals surface area (Å²) in [5, 5.41) is 4.22. The van der Waals surface area contributed by atoms with Crippen molar-refractivity contribution in [2.75, 3.05) is 26.2 Å². The number of rotatable bonds is 3. The lowest BCUT2D eigenvalue weighted by Crippen LogP contribution is -2.48. The van der Waals surface area contributed by atoms with Crippen LogP contribution in [0.25, 0.3) is 0 Å². The molecule has 0 radical (unpaired) electrons. The van der Waals surface area contributed by atoms with Crippen molar-refractivity contribution < 1.29 is 9.18 Å². The molecule has 0 atom stereocenters. The summed E-state index contributed by atoms with van der Waals surface area (Å²) >= 11 is 4.98. The van der Waals surface area contributed by atoms with Gasteiger partial charge in [0.05, 0.1) is 5.56 Å². The molecule has 1 amide bonds. The van der Waals surface area contributed by atoms with Crippen LogP contribution in [0.2, 0.25) is 0 Å². The van der Waals surface area contributed by atoms with Crippen LogP contribution < -0.4 is 0 Å². The minimum absolute atomic E-state index is 0.139. The van der Waals surface area contributed by atoms with E-state index < -0.39 is 5.82 Å². The number of amides is 1. The topological polar surface area (TPSA) is 23.6 Å². The van der Waals surface area contributed by atoms with Crippen molar-refractivity contribution in [1.82, 2.24) is 9.80 Å². The molecule has 1 aromatic heterocycles. The van der Waals surface area contributed by atoms with E-state index in [2.05, 4.69) is 37.7 Å². The molecule has 1 fully saturated rings. The van der Waals surface area contributed by atoms with Crippen LogP contribution >= 0.6 is 27.3 Å². The van der Waals surface area contributed by atoms with E-state index in [1.54, 1.807) is 28.4 Å². The zero-order valence-corrected chi connectivity index (χ0v) is 14.4. The molecule has 0 bridgehead atoms. The van der Waals surface area contributed by atoms with Gasteiger partial charge in [0.2, 0.25) is 0 Å². The number of carbonyl (C=O) groups is 1. The van der Waals surface area contributed by atoms with Crippen LogP contribution in [-0.2, 0) is 6.54 Å². The second kappa shape index (κ2) is 6.89. The van der Waals surface area contributed by atoms with E-state index in [9.17, 15) is 9.18 Å². The SMILES string of the molecule is O=C(c1cc(Br)ccc1F)N1CCN(Cc2ccsc2)CC1. The summed E-state index contributed by atoms with van der Waals surface area (Å²) in [5.74, 6) is -0.692. The average Bonchev–Trinajstić information content (AvgIpc) is 3.03. The Balaban J connectivity index is 1.61. The number of hydrogen-bond donors (Lipinski definition) is 0. The van der Waals surface area contributed by atoms with Crippen LogP contribution in [0, 0.1) is 5.82 Å². The maximum atomic E-state index is 13.8. The highest BCUT2D eigenvalue weighted by Gasteiger charge is 2.24. The van der Waals surface area contributed by atoms with Crippen LogP contribution in [-0.4, -0.2) is 41.9 Å². The van der Waals surface area contributed by atoms with E-state index >= 15 is 0 Å². The Bertz CT molecular complexity index is 654. The van der Waals surface area contributed by atoms with E-state index in [1.807, 2.05) is 0 Å². The van der Waals surface area contributed by atoms with Gasteiger partial charge in [-0.05, 0) is 40.6 Å². The zero-order chi connectivity index (χ0) is 15.5. The van der Waals surface area contributed by atoms with Gasteiger partial charge < -0.3 is 4.90 Å². The van der Waals surface area contributed by atoms with E-state index in [0.29, 0.717) is 17.6 Å². The number of thiophene rings is 1. The van der Waals surface area contributed by atoms with Crippen molar-refractivity contribution in [3.05, 3.63) is 56.4 Å². The lowest BCUT2D eigenvalue weighted by molar-refractivity contribution is 0.0624. The number of nitrogens with zero attached hydrogens (tertiary/aromatic N) is 2. The molecule has 1 aromatic carbocycles. The molecular weight excluding hydrogens is 367 g/mol. The number of piperazine rings is 1. The summed E-state index contributed by atoms with van der Waals surface area (Å²) in [7, 11) is 0. The molecule has 0 spiro atoms. The average molecular weight is 383 g/mol. The predicted octanol–water partition coefficient (Wildman–Crippen LogP) is 3.61. The Morgan fingerprint density at radius 2 is 2.00 bits per heavy atom. The first-order valence-corrected chi connectivity index (χ1v) is 8.85. The van der Waals surface area contributed by atoms with Gasteiger partial charge in [-0.1, -0.05) is 15.9 Å². The Hall–Kier alpha value is -1.24. The summed E-state index contributed by atoms with van der Waals surface area (Å²) in [6.07, 6.45) is 0. The van der Waals surface area contributed by atoms with Crippen molar-refractivity contribution >= 4 is 33.2 Å². The molecule has 0 unspecified atom stereocenters. The molecule has 0 N–H and O–H groups in total. The third kappa shape index (κ3) is 3.56. The number of benzene rings is 1. The van der Waals surface area contributed by atoms with Crippen LogP contribution in [0.3, 0.4) is 0 Å². The summed E-state index contributed by atoms with van der Waals surface area (Å²) in [6.45, 7) is 3.81. The molecule has 2 aromatic rings. The molecular formula is C16H16BrFN2OS. The van der Waals surface area contributed by atoms with Crippen LogP contribution in [0.1, 0.15) is 15.9 Å². The highest BCUT2D eigenvalue weighted by Crippen LogP contribution is 2.19. The second-order valence-electron chi connectivity index (χ2n) is 5.32. The first-order valence-electron chi connectivity index (χ1n) is 7.11. The van der Waals surface area contributed by atoms with Crippen LogP contribution in [0.5, 0.6) is 0 Å². The molecule has 2 heterocycles. The summed E-state index contributed by atoms with van der Waals surface area (Å²) in [6, 6.07) is 6.60. The fourth-order valence-electron chi connectivity index (χ4n) is 2.58. The zero-order valence-electron chi connectivity index (χ0n) is 12.0. The van der Waals surface area contributed by atoms with Crippen LogP contribution in [0.15, 0.2) is 39.5 Å². The summed E-state index contributed by atoms with van der Waals surface area (Å²) < 4.78 is 14.5. The molecule has 116 valence electrons. The van der Waals surface area contributed by atoms with Gasteiger partial charge in [-0.25, -0.2) is 4.39 Å². The maximum Gasteiger partial charge on any atom is 0.256 e. The van der Waals surface area contributed by atoms with E-state index in [-0.39, 0.29) is 11.5 Å². The number of carbonyl (C=O) groups excluding carboxylic acids is 1. The second-order valence-corrected chi connectivity index (χ2v) is 7.02. The highest BCUT2D eigenvalue weighted by molar-refractivity contribution is 9.10. The van der Waals surface area contributed by atoms with Gasteiger partial charge in [-0.3, -0.25) is 9.69 Å². The van der Waals surface area contributed by atoms with Crippen molar-refractivity contribution in [2.45, 2.75) is 6.54 Å². The van der Waals surface area contributed by atoms with Gasteiger partial charge in [0.15, 0.2) is 0 Å². The normalized spacial score (nSPS) is 16.0. The van der Waals surface area contributed by atoms with E-state index in [0.717, 1.165) is 19.6 Å². The lowest BCUT2D eigenvalue weighted by Gasteiger charge is -2.34. The van der Waals surface area contributed by atoms with Gasteiger partial charge in [0.1, 0.15) is 5.82 Å². The summed E-state index contributed by atoms with van der Waals surface area (Å²) in [5.41, 5.74) is 1.45. The molecule has 1 aliphatic rings. The minimum Gasteiger partial charge on any atom is -0.336 e. The largest absolute Gasteiger partial charge is 0.336 e. The van der Waals surface area contributed by atoms with Gasteiger partial charge in [-0.2, -0.15) is 11.3 Å². The first kappa shape index (κ1) is 15.6. The third-order valence-electron chi connectivity index (χ3n) is 3.80. The quantitative estimate of drug-likeness (QED) is 0.809. The lowest BCUT2D eigenvalue weighted by atomic mass is 10.1. The Morgan fingerprint density at radius 1 is 1.23 bits per heavy atom. The molecule has 22 heavy (non-hydrogen) atoms. The minimum atomic E-state index is -0.464. The monoisotopic (exact) mass is 382 g/mol. The molecule has 3 rings (SSSR count). The smallest absolute Gasteiger partial charge is 0.256 e. The van der Waals surface area contributed by atoms with E-state index in [1.165, 1.54) is 11.6 Å². The third-order valence-corrected chi connectivity index (χ3v) is 5.03. The number of hydrogen-bond acceptors (Lipinski definition) is 3. The maximum absolute atomic E-state index is 13.8. The van der Waals surface area contributed by atoms with Gasteiger partial charge >= 0.3 is 0 Å². The van der Waals surface area contributed by atoms with Crippen molar-refractivity contribution in [1.29, 1.82) is 0 Å². The van der Waals surface area contributed by atoms with Crippen molar-refractivity contribution in [3.8, 4) is 0 Å². The molecule has 1 saturated heterocycles. The van der Waals surface area contributed by atoms with Gasteiger partial charge in [0, 0.05) is 37.2 Å². The van der Waals surface area contributed by atoms with Gasteiger partial charge in [0.25, 0.3) is 5.91 Å². The van der Waals surface area contributed by atoms with Gasteiger partial charge in [-0.15, -0.1) is 0 Å². The molecule has 0 aliphatic carbocycles. The molecule has 1 aliphatic heterocycles. The Labute approximate surface area is 141 Å². The van der Waals surface area contributed by atoms with Crippen molar-refractivity contribution in [3.63, 3.8) is 0 Å². The molecule has 3 nitrogen and oxygen atoms in total. The predicted molar refractivity (Wildman–Crippen MR) is 89.6 cm³/mol. The Kier molecular flexibility index (Phi) is 4.90. The molecule has 6 heteroatoms. The van der Waals surface area contributed by atoms with Crippen LogP contribution in [0.4, 0.5) is 4.39 Å². The summed E-state index contributed by atoms with van der Waals surface area (Å²) in [4.78, 5) is 16.5. The Morgan fingerprint density at radius 3 is 2.68 bits per heavy atom. The standard InChI is InChI=1S/C16H16BrFN2OS/c17-13-1-2-15(18)14(9-13)16(21)20-6-4-19(5-7-20)10-12-3-8-22-11-12/h1-3,8-9,11H,4-7,10H2.